The first-order valence-electron chi connectivity index (χ1n) is 9.24. The molecule has 1 heterocycles. The zero-order valence-corrected chi connectivity index (χ0v) is 16.0. The summed E-state index contributed by atoms with van der Waals surface area (Å²) in [5.41, 5.74) is 6.42. The van der Waals surface area contributed by atoms with E-state index in [2.05, 4.69) is 38.1 Å². The van der Waals surface area contributed by atoms with Crippen molar-refractivity contribution in [3.63, 3.8) is 0 Å². The molecule has 0 amide bonds. The minimum absolute atomic E-state index is 0.319. The summed E-state index contributed by atoms with van der Waals surface area (Å²) in [6.07, 6.45) is 1.08. The molecule has 0 spiro atoms. The van der Waals surface area contributed by atoms with Crippen molar-refractivity contribution in [2.24, 2.45) is 0 Å². The van der Waals surface area contributed by atoms with E-state index >= 15 is 0 Å². The Labute approximate surface area is 155 Å². The molecule has 1 aromatic heterocycles. The van der Waals surface area contributed by atoms with Crippen molar-refractivity contribution in [1.29, 1.82) is 0 Å². The van der Waals surface area contributed by atoms with Crippen LogP contribution < -0.4 is 4.74 Å². The minimum Gasteiger partial charge on any atom is -0.488 e. The number of pyridine rings is 1. The largest absolute Gasteiger partial charge is 0.488 e. The molecule has 1 unspecified atom stereocenters. The maximum Gasteiger partial charge on any atom is 0.133 e. The van der Waals surface area contributed by atoms with E-state index in [1.54, 1.807) is 0 Å². The van der Waals surface area contributed by atoms with Crippen molar-refractivity contribution in [2.75, 3.05) is 0 Å². The fourth-order valence-corrected chi connectivity index (χ4v) is 3.24. The van der Waals surface area contributed by atoms with Crippen LogP contribution in [0.5, 0.6) is 5.75 Å². The number of nitrogens with zero attached hydrogens (tertiary/aromatic N) is 1. The molecule has 0 fully saturated rings. The highest BCUT2D eigenvalue weighted by Gasteiger charge is 2.15. The van der Waals surface area contributed by atoms with Gasteiger partial charge in [0.1, 0.15) is 12.4 Å². The van der Waals surface area contributed by atoms with Gasteiger partial charge < -0.3 is 9.84 Å². The third kappa shape index (κ3) is 3.88. The molecule has 3 nitrogen and oxygen atoms in total. The maximum atomic E-state index is 10.0. The van der Waals surface area contributed by atoms with E-state index in [-0.39, 0.29) is 6.10 Å². The van der Waals surface area contributed by atoms with E-state index in [1.165, 1.54) is 0 Å². The molecule has 0 saturated carbocycles. The molecule has 0 aliphatic rings. The molecular weight excluding hydrogens is 322 g/mol. The topological polar surface area (TPSA) is 42.4 Å². The maximum absolute atomic E-state index is 10.0. The molecule has 3 rings (SSSR count). The lowest BCUT2D eigenvalue weighted by Gasteiger charge is -2.17. The van der Waals surface area contributed by atoms with Gasteiger partial charge in [0.05, 0.1) is 11.6 Å². The molecule has 1 N–H and O–H groups in total. The van der Waals surface area contributed by atoms with Gasteiger partial charge in [0, 0.05) is 16.6 Å². The summed E-state index contributed by atoms with van der Waals surface area (Å²) >= 11 is 0. The molecule has 136 valence electrons. The molecular formula is C23H27NO2. The molecule has 0 bridgehead atoms. The predicted octanol–water partition coefficient (Wildman–Crippen LogP) is 5.05. The molecule has 3 heteroatoms. The molecule has 0 aliphatic carbocycles. The van der Waals surface area contributed by atoms with Crippen LogP contribution in [-0.4, -0.2) is 16.2 Å². The van der Waals surface area contributed by atoms with Crippen LogP contribution in [0.2, 0.25) is 0 Å². The van der Waals surface area contributed by atoms with Gasteiger partial charge in [-0.05, 0) is 56.4 Å². The summed E-state index contributed by atoms with van der Waals surface area (Å²) in [5, 5.41) is 11.1. The van der Waals surface area contributed by atoms with Gasteiger partial charge >= 0.3 is 0 Å². The summed E-state index contributed by atoms with van der Waals surface area (Å²) in [6.45, 7) is 8.69. The lowest BCUT2D eigenvalue weighted by Crippen LogP contribution is -2.09. The van der Waals surface area contributed by atoms with E-state index in [1.807, 2.05) is 32.0 Å². The van der Waals surface area contributed by atoms with E-state index in [0.717, 1.165) is 51.0 Å². The number of ether oxygens (including phenoxy) is 1. The first-order chi connectivity index (χ1) is 12.5. The van der Waals surface area contributed by atoms with Crippen LogP contribution in [0.3, 0.4) is 0 Å². The molecule has 0 aliphatic heterocycles. The number of aliphatic hydroxyl groups excluding tert-OH is 1. The van der Waals surface area contributed by atoms with Crippen molar-refractivity contribution in [3.8, 4) is 5.75 Å². The highest BCUT2D eigenvalue weighted by molar-refractivity contribution is 5.89. The van der Waals surface area contributed by atoms with E-state index in [0.29, 0.717) is 13.0 Å². The Morgan fingerprint density at radius 1 is 1.04 bits per heavy atom. The number of aliphatic hydroxyl groups is 1. The van der Waals surface area contributed by atoms with Gasteiger partial charge in [0.15, 0.2) is 0 Å². The van der Waals surface area contributed by atoms with Gasteiger partial charge in [-0.1, -0.05) is 43.3 Å². The molecule has 0 radical (unpaired) electrons. The zero-order chi connectivity index (χ0) is 18.7. The summed E-state index contributed by atoms with van der Waals surface area (Å²) in [6, 6.07) is 14.5. The zero-order valence-electron chi connectivity index (χ0n) is 16.0. The van der Waals surface area contributed by atoms with Gasteiger partial charge in [-0.2, -0.15) is 0 Å². The van der Waals surface area contributed by atoms with Crippen LogP contribution in [0, 0.1) is 20.8 Å². The number of aryl methyl sites for hydroxylation is 2. The summed E-state index contributed by atoms with van der Waals surface area (Å²) in [7, 11) is 0. The van der Waals surface area contributed by atoms with Crippen LogP contribution in [-0.2, 0) is 13.0 Å². The minimum atomic E-state index is -0.319. The molecule has 0 saturated heterocycles. The monoisotopic (exact) mass is 349 g/mol. The lowest BCUT2D eigenvalue weighted by molar-refractivity contribution is 0.171. The van der Waals surface area contributed by atoms with E-state index in [4.69, 9.17) is 9.72 Å². The average molecular weight is 349 g/mol. The normalized spacial score (nSPS) is 12.3. The first-order valence-corrected chi connectivity index (χ1v) is 9.24. The number of aromatic nitrogens is 1. The van der Waals surface area contributed by atoms with Crippen molar-refractivity contribution < 1.29 is 9.84 Å². The van der Waals surface area contributed by atoms with Gasteiger partial charge in [-0.25, -0.2) is 0 Å². The standard InChI is InChI=1S/C23H27NO2/c1-5-20(25)12-19-11-15(2)22-21(13-19)23(16(3)17(4)24-22)26-14-18-9-7-6-8-10-18/h6-11,13,20,25H,5,12,14H2,1-4H3. The first kappa shape index (κ1) is 18.4. The second-order valence-electron chi connectivity index (χ2n) is 7.00. The van der Waals surface area contributed by atoms with Crippen LogP contribution in [0.4, 0.5) is 0 Å². The van der Waals surface area contributed by atoms with Crippen molar-refractivity contribution >= 4 is 10.9 Å². The number of benzene rings is 2. The van der Waals surface area contributed by atoms with Crippen molar-refractivity contribution in [2.45, 2.75) is 53.2 Å². The SMILES string of the molecule is CCC(O)Cc1cc(C)c2nc(C)c(C)c(OCc3ccccc3)c2c1. The predicted molar refractivity (Wildman–Crippen MR) is 107 cm³/mol. The smallest absolute Gasteiger partial charge is 0.133 e. The quantitative estimate of drug-likeness (QED) is 0.677. The average Bonchev–Trinajstić information content (AvgIpc) is 2.64. The Balaban J connectivity index is 2.05. The highest BCUT2D eigenvalue weighted by Crippen LogP contribution is 2.33. The number of rotatable bonds is 6. The Bertz CT molecular complexity index is 903. The molecule has 3 aromatic rings. The second-order valence-corrected chi connectivity index (χ2v) is 7.00. The van der Waals surface area contributed by atoms with Crippen LogP contribution in [0.1, 0.15) is 41.3 Å². The third-order valence-electron chi connectivity index (χ3n) is 4.94. The summed E-state index contributed by atoms with van der Waals surface area (Å²) in [5.74, 6) is 0.896. The summed E-state index contributed by atoms with van der Waals surface area (Å²) < 4.78 is 6.26. The number of fused-ring (bicyclic) bond motifs is 1. The second kappa shape index (κ2) is 7.88. The fourth-order valence-electron chi connectivity index (χ4n) is 3.24. The highest BCUT2D eigenvalue weighted by atomic mass is 16.5. The van der Waals surface area contributed by atoms with Gasteiger partial charge in [0.25, 0.3) is 0 Å². The fraction of sp³-hybridized carbons (Fsp3) is 0.348. The van der Waals surface area contributed by atoms with Gasteiger partial charge in [-0.3, -0.25) is 4.98 Å². The van der Waals surface area contributed by atoms with Crippen LogP contribution in [0.25, 0.3) is 10.9 Å². The van der Waals surface area contributed by atoms with E-state index < -0.39 is 0 Å². The van der Waals surface area contributed by atoms with Crippen LogP contribution >= 0.6 is 0 Å². The third-order valence-corrected chi connectivity index (χ3v) is 4.94. The number of hydrogen-bond acceptors (Lipinski definition) is 3. The van der Waals surface area contributed by atoms with Crippen LogP contribution in [0.15, 0.2) is 42.5 Å². The van der Waals surface area contributed by atoms with Crippen molar-refractivity contribution in [3.05, 3.63) is 70.4 Å². The molecule has 26 heavy (non-hydrogen) atoms. The summed E-state index contributed by atoms with van der Waals surface area (Å²) in [4.78, 5) is 4.79. The Hall–Kier alpha value is -2.39. The number of hydrogen-bond donors (Lipinski definition) is 1. The Morgan fingerprint density at radius 2 is 1.77 bits per heavy atom. The lowest BCUT2D eigenvalue weighted by atomic mass is 9.98. The van der Waals surface area contributed by atoms with Gasteiger partial charge in [-0.15, -0.1) is 0 Å². The Kier molecular flexibility index (Phi) is 5.58. The molecule has 1 atom stereocenters. The van der Waals surface area contributed by atoms with Crippen molar-refractivity contribution in [1.82, 2.24) is 4.98 Å². The van der Waals surface area contributed by atoms with E-state index in [9.17, 15) is 5.11 Å². The Morgan fingerprint density at radius 3 is 2.46 bits per heavy atom. The van der Waals surface area contributed by atoms with Gasteiger partial charge in [0.2, 0.25) is 0 Å². The molecule has 2 aromatic carbocycles.